The number of hydrogen-bond donors (Lipinski definition) is 1. The van der Waals surface area contributed by atoms with E-state index in [0.29, 0.717) is 0 Å². The molecule has 3 rings (SSSR count). The summed E-state index contributed by atoms with van der Waals surface area (Å²) in [5.41, 5.74) is 1.14. The average Bonchev–Trinajstić information content (AvgIpc) is 3.27. The number of nitrogens with one attached hydrogen (secondary N) is 1. The Bertz CT molecular complexity index is 451. The second-order valence-corrected chi connectivity index (χ2v) is 9.63. The summed E-state index contributed by atoms with van der Waals surface area (Å²) in [6, 6.07) is 0.760. The Morgan fingerprint density at radius 2 is 1.80 bits per heavy atom. The summed E-state index contributed by atoms with van der Waals surface area (Å²) in [6.07, 6.45) is 20.8. The van der Waals surface area contributed by atoms with Crippen LogP contribution in [-0.2, 0) is 0 Å². The van der Waals surface area contributed by atoms with Crippen LogP contribution in [0.5, 0.6) is 0 Å². The maximum Gasteiger partial charge on any atom is 0.0140 e. The number of rotatable bonds is 9. The fraction of sp³-hybridized carbons (Fsp3) is 0.833. The Balaban J connectivity index is 1.23. The second-order valence-electron chi connectivity index (χ2n) is 9.63. The number of allylic oxidation sites excluding steroid dienone is 2. The highest BCUT2D eigenvalue weighted by molar-refractivity contribution is 5.11. The third-order valence-corrected chi connectivity index (χ3v) is 7.51. The van der Waals surface area contributed by atoms with Gasteiger partial charge < -0.3 is 5.32 Å². The highest BCUT2D eigenvalue weighted by atomic mass is 14.9. The first-order chi connectivity index (χ1) is 12.1. The zero-order valence-corrected chi connectivity index (χ0v) is 16.8. The molecule has 3 fully saturated rings. The van der Waals surface area contributed by atoms with Gasteiger partial charge in [0, 0.05) is 12.6 Å². The molecule has 0 amide bonds. The predicted octanol–water partition coefficient (Wildman–Crippen LogP) is 6.51. The highest BCUT2D eigenvalue weighted by Gasteiger charge is 2.40. The van der Waals surface area contributed by atoms with Gasteiger partial charge in [0.2, 0.25) is 0 Å². The van der Waals surface area contributed by atoms with E-state index < -0.39 is 0 Å². The standard InChI is InChI=1S/C24H41N/c1-18(2)7-6-14-25-23-13-11-20(16-23)8-4-5-9-21-15-22-12-10-19(3)24(22)17-21/h6-7,19-25H,1,4-5,8-17H2,2-3H3/t19?,20-,21?,22?,23?,24?/m0/s1. The third-order valence-electron chi connectivity index (χ3n) is 7.51. The largest absolute Gasteiger partial charge is 0.311 e. The van der Waals surface area contributed by atoms with Gasteiger partial charge in [0.15, 0.2) is 0 Å². The number of fused-ring (bicyclic) bond motifs is 1. The SMILES string of the molecule is C=C(C)C=CCNC1CC[C@H](CCCCC2CC3CCC(C)C3C2)C1. The summed E-state index contributed by atoms with van der Waals surface area (Å²) in [5.74, 6) is 5.32. The van der Waals surface area contributed by atoms with Gasteiger partial charge in [0.05, 0.1) is 0 Å². The van der Waals surface area contributed by atoms with Gasteiger partial charge in [-0.15, -0.1) is 0 Å². The molecule has 1 nitrogen and oxygen atoms in total. The second kappa shape index (κ2) is 9.40. The van der Waals surface area contributed by atoms with Gasteiger partial charge in [-0.2, -0.15) is 0 Å². The lowest BCUT2D eigenvalue weighted by atomic mass is 9.91. The molecule has 3 saturated carbocycles. The van der Waals surface area contributed by atoms with Crippen LogP contribution in [0.3, 0.4) is 0 Å². The van der Waals surface area contributed by atoms with E-state index >= 15 is 0 Å². The van der Waals surface area contributed by atoms with E-state index in [4.69, 9.17) is 0 Å². The normalized spacial score (nSPS) is 37.8. The van der Waals surface area contributed by atoms with Gasteiger partial charge in [-0.1, -0.05) is 63.3 Å². The van der Waals surface area contributed by atoms with Gasteiger partial charge in [-0.05, 0) is 75.0 Å². The molecular weight excluding hydrogens is 302 g/mol. The quantitative estimate of drug-likeness (QED) is 0.372. The predicted molar refractivity (Wildman–Crippen MR) is 110 cm³/mol. The molecule has 0 aliphatic heterocycles. The Morgan fingerprint density at radius 1 is 1.00 bits per heavy atom. The molecule has 3 aliphatic rings. The van der Waals surface area contributed by atoms with E-state index in [9.17, 15) is 0 Å². The van der Waals surface area contributed by atoms with Gasteiger partial charge >= 0.3 is 0 Å². The van der Waals surface area contributed by atoms with Crippen molar-refractivity contribution in [1.82, 2.24) is 5.32 Å². The molecule has 0 heterocycles. The van der Waals surface area contributed by atoms with Crippen LogP contribution in [0.1, 0.15) is 84.5 Å². The molecule has 1 heteroatoms. The molecule has 0 radical (unpaired) electrons. The Morgan fingerprint density at radius 3 is 2.56 bits per heavy atom. The van der Waals surface area contributed by atoms with Gasteiger partial charge in [0.25, 0.3) is 0 Å². The number of hydrogen-bond acceptors (Lipinski definition) is 1. The molecule has 0 bridgehead atoms. The van der Waals surface area contributed by atoms with Gasteiger partial charge in [-0.25, -0.2) is 0 Å². The topological polar surface area (TPSA) is 12.0 Å². The Kier molecular flexibility index (Phi) is 7.22. The maximum atomic E-state index is 3.91. The molecule has 3 aliphatic carbocycles. The van der Waals surface area contributed by atoms with Crippen molar-refractivity contribution in [2.75, 3.05) is 6.54 Å². The van der Waals surface area contributed by atoms with Crippen molar-refractivity contribution in [3.05, 3.63) is 24.3 Å². The molecule has 0 aromatic carbocycles. The first-order valence-electron chi connectivity index (χ1n) is 11.2. The van der Waals surface area contributed by atoms with Crippen LogP contribution in [0, 0.1) is 29.6 Å². The molecule has 1 N–H and O–H groups in total. The first-order valence-corrected chi connectivity index (χ1v) is 11.2. The number of unbranched alkanes of at least 4 members (excludes halogenated alkanes) is 1. The van der Waals surface area contributed by atoms with E-state index in [2.05, 4.69) is 37.9 Å². The Hall–Kier alpha value is -0.560. The molecule has 6 atom stereocenters. The lowest BCUT2D eigenvalue weighted by Crippen LogP contribution is -2.26. The zero-order valence-electron chi connectivity index (χ0n) is 16.8. The molecule has 0 spiro atoms. The third kappa shape index (κ3) is 5.71. The minimum absolute atomic E-state index is 0.760. The van der Waals surface area contributed by atoms with Gasteiger partial charge in [0.1, 0.15) is 0 Å². The molecule has 0 saturated heterocycles. The van der Waals surface area contributed by atoms with E-state index in [1.165, 1.54) is 51.4 Å². The van der Waals surface area contributed by atoms with Crippen molar-refractivity contribution >= 4 is 0 Å². The van der Waals surface area contributed by atoms with Crippen LogP contribution < -0.4 is 5.32 Å². The van der Waals surface area contributed by atoms with Crippen LogP contribution >= 0.6 is 0 Å². The fourth-order valence-corrected chi connectivity index (χ4v) is 6.12. The molecule has 0 aromatic rings. The zero-order chi connectivity index (χ0) is 17.6. The fourth-order valence-electron chi connectivity index (χ4n) is 6.12. The van der Waals surface area contributed by atoms with Crippen molar-refractivity contribution in [1.29, 1.82) is 0 Å². The van der Waals surface area contributed by atoms with Crippen LogP contribution in [0.25, 0.3) is 0 Å². The Labute approximate surface area is 156 Å². The average molecular weight is 344 g/mol. The van der Waals surface area contributed by atoms with Crippen molar-refractivity contribution in [3.8, 4) is 0 Å². The molecule has 25 heavy (non-hydrogen) atoms. The monoisotopic (exact) mass is 343 g/mol. The van der Waals surface area contributed by atoms with Gasteiger partial charge in [-0.3, -0.25) is 0 Å². The van der Waals surface area contributed by atoms with Crippen LogP contribution in [0.15, 0.2) is 24.3 Å². The smallest absolute Gasteiger partial charge is 0.0140 e. The molecule has 5 unspecified atom stereocenters. The van der Waals surface area contributed by atoms with E-state index in [0.717, 1.165) is 47.7 Å². The summed E-state index contributed by atoms with van der Waals surface area (Å²) in [7, 11) is 0. The van der Waals surface area contributed by atoms with Crippen LogP contribution in [0.4, 0.5) is 0 Å². The summed E-state index contributed by atoms with van der Waals surface area (Å²) in [5, 5.41) is 3.70. The lowest BCUT2D eigenvalue weighted by molar-refractivity contribution is 0.360. The van der Waals surface area contributed by atoms with Crippen molar-refractivity contribution in [2.24, 2.45) is 29.6 Å². The van der Waals surface area contributed by atoms with Crippen LogP contribution in [-0.4, -0.2) is 12.6 Å². The summed E-state index contributed by atoms with van der Waals surface area (Å²) >= 11 is 0. The minimum atomic E-state index is 0.760. The molecular formula is C24H41N. The lowest BCUT2D eigenvalue weighted by Gasteiger charge is -2.15. The van der Waals surface area contributed by atoms with Crippen molar-refractivity contribution in [3.63, 3.8) is 0 Å². The highest BCUT2D eigenvalue weighted by Crippen LogP contribution is 2.51. The summed E-state index contributed by atoms with van der Waals surface area (Å²) in [4.78, 5) is 0. The minimum Gasteiger partial charge on any atom is -0.311 e. The van der Waals surface area contributed by atoms with E-state index in [1.807, 2.05) is 0 Å². The summed E-state index contributed by atoms with van der Waals surface area (Å²) < 4.78 is 0. The molecule has 0 aromatic heterocycles. The molecule has 142 valence electrons. The van der Waals surface area contributed by atoms with E-state index in [1.54, 1.807) is 19.3 Å². The summed E-state index contributed by atoms with van der Waals surface area (Å²) in [6.45, 7) is 9.48. The van der Waals surface area contributed by atoms with Crippen LogP contribution in [0.2, 0.25) is 0 Å². The van der Waals surface area contributed by atoms with Crippen molar-refractivity contribution in [2.45, 2.75) is 90.5 Å². The van der Waals surface area contributed by atoms with E-state index in [-0.39, 0.29) is 0 Å². The van der Waals surface area contributed by atoms with Crippen molar-refractivity contribution < 1.29 is 0 Å². The maximum absolute atomic E-state index is 3.91. The first kappa shape index (κ1) is 19.2.